The number of carbonyl (C=O) groups is 1. The van der Waals surface area contributed by atoms with Crippen LogP contribution in [0.15, 0.2) is 70.9 Å². The van der Waals surface area contributed by atoms with E-state index in [0.29, 0.717) is 5.16 Å². The maximum absolute atomic E-state index is 11.9. The molecule has 0 aliphatic rings. The van der Waals surface area contributed by atoms with Gasteiger partial charge in [-0.15, -0.1) is 5.10 Å². The van der Waals surface area contributed by atoms with E-state index in [4.69, 9.17) is 0 Å². The van der Waals surface area contributed by atoms with E-state index in [1.807, 2.05) is 60.7 Å². The predicted molar refractivity (Wildman–Crippen MR) is 92.1 cm³/mol. The largest absolute Gasteiger partial charge is 0.272 e. The SMILES string of the molecule is O=C(CSc1nnnn1-c1ccccc1)N/N=C\c1ccccc1. The third-order valence-corrected chi connectivity index (χ3v) is 3.90. The Morgan fingerprint density at radius 1 is 1.12 bits per heavy atom. The van der Waals surface area contributed by atoms with E-state index in [9.17, 15) is 4.79 Å². The number of thioether (sulfide) groups is 1. The second kappa shape index (κ2) is 8.02. The van der Waals surface area contributed by atoms with Crippen LogP contribution < -0.4 is 5.43 Å². The highest BCUT2D eigenvalue weighted by atomic mass is 32.2. The van der Waals surface area contributed by atoms with Gasteiger partial charge in [0, 0.05) is 0 Å². The van der Waals surface area contributed by atoms with Crippen molar-refractivity contribution in [2.24, 2.45) is 5.10 Å². The van der Waals surface area contributed by atoms with Crippen LogP contribution in [0.5, 0.6) is 0 Å². The van der Waals surface area contributed by atoms with Gasteiger partial charge >= 0.3 is 0 Å². The van der Waals surface area contributed by atoms with Crippen LogP contribution in [-0.4, -0.2) is 38.1 Å². The lowest BCUT2D eigenvalue weighted by atomic mass is 10.2. The summed E-state index contributed by atoms with van der Waals surface area (Å²) in [6.07, 6.45) is 1.59. The first-order chi connectivity index (χ1) is 11.8. The molecule has 0 atom stereocenters. The molecule has 1 heterocycles. The van der Waals surface area contributed by atoms with E-state index in [1.54, 1.807) is 10.9 Å². The number of amides is 1. The zero-order chi connectivity index (χ0) is 16.6. The summed E-state index contributed by atoms with van der Waals surface area (Å²) in [6, 6.07) is 19.0. The highest BCUT2D eigenvalue weighted by molar-refractivity contribution is 7.99. The third kappa shape index (κ3) is 4.26. The summed E-state index contributed by atoms with van der Waals surface area (Å²) in [4.78, 5) is 11.9. The lowest BCUT2D eigenvalue weighted by Crippen LogP contribution is -2.20. The van der Waals surface area contributed by atoms with Crippen molar-refractivity contribution in [3.8, 4) is 5.69 Å². The van der Waals surface area contributed by atoms with Gasteiger partial charge in [0.1, 0.15) is 0 Å². The van der Waals surface area contributed by atoms with Gasteiger partial charge in [-0.3, -0.25) is 4.79 Å². The molecule has 0 unspecified atom stereocenters. The van der Waals surface area contributed by atoms with Crippen LogP contribution in [0, 0.1) is 0 Å². The van der Waals surface area contributed by atoms with Crippen LogP contribution in [0.3, 0.4) is 0 Å². The van der Waals surface area contributed by atoms with Crippen molar-refractivity contribution < 1.29 is 4.79 Å². The fourth-order valence-corrected chi connectivity index (χ4v) is 2.56. The number of para-hydroxylation sites is 1. The maximum atomic E-state index is 11.9. The molecule has 3 rings (SSSR count). The van der Waals surface area contributed by atoms with Crippen LogP contribution >= 0.6 is 11.8 Å². The first-order valence-electron chi connectivity index (χ1n) is 7.16. The second-order valence-corrected chi connectivity index (χ2v) is 5.64. The molecule has 1 N–H and O–H groups in total. The lowest BCUT2D eigenvalue weighted by molar-refractivity contribution is -0.118. The lowest BCUT2D eigenvalue weighted by Gasteiger charge is -2.03. The molecule has 2 aromatic carbocycles. The van der Waals surface area contributed by atoms with Gasteiger partial charge in [-0.1, -0.05) is 60.3 Å². The Labute approximate surface area is 142 Å². The average Bonchev–Trinajstić information content (AvgIpc) is 3.10. The molecule has 0 saturated heterocycles. The summed E-state index contributed by atoms with van der Waals surface area (Å²) < 4.78 is 1.59. The number of carbonyl (C=O) groups excluding carboxylic acids is 1. The Kier molecular flexibility index (Phi) is 5.31. The minimum absolute atomic E-state index is 0.166. The predicted octanol–water partition coefficient (Wildman–Crippen LogP) is 1.90. The van der Waals surface area contributed by atoms with Gasteiger partial charge in [0.25, 0.3) is 5.91 Å². The summed E-state index contributed by atoms with van der Waals surface area (Å²) in [5, 5.41) is 16.0. The van der Waals surface area contributed by atoms with Crippen molar-refractivity contribution in [2.75, 3.05) is 5.75 Å². The van der Waals surface area contributed by atoms with Crippen molar-refractivity contribution >= 4 is 23.9 Å². The molecule has 0 saturated carbocycles. The Balaban J connectivity index is 1.54. The number of hydrogen-bond acceptors (Lipinski definition) is 6. The van der Waals surface area contributed by atoms with E-state index in [0.717, 1.165) is 11.3 Å². The number of tetrazole rings is 1. The molecule has 0 aliphatic carbocycles. The number of rotatable bonds is 6. The molecule has 24 heavy (non-hydrogen) atoms. The van der Waals surface area contributed by atoms with E-state index in [1.165, 1.54) is 11.8 Å². The van der Waals surface area contributed by atoms with Crippen LogP contribution in [0.2, 0.25) is 0 Å². The minimum atomic E-state index is -0.227. The first kappa shape index (κ1) is 15.9. The van der Waals surface area contributed by atoms with Gasteiger partial charge in [-0.05, 0) is 28.1 Å². The molecule has 1 aromatic heterocycles. The standard InChI is InChI=1S/C16H14N6OS/c23-15(18-17-11-13-7-3-1-4-8-13)12-24-16-19-20-21-22(16)14-9-5-2-6-10-14/h1-11H,12H2,(H,18,23)/b17-11-. The number of benzene rings is 2. The van der Waals surface area contributed by atoms with Crippen LogP contribution in [0.1, 0.15) is 5.56 Å². The maximum Gasteiger partial charge on any atom is 0.250 e. The number of nitrogens with one attached hydrogen (secondary N) is 1. The van der Waals surface area contributed by atoms with Gasteiger partial charge < -0.3 is 0 Å². The van der Waals surface area contributed by atoms with Gasteiger partial charge in [0.05, 0.1) is 17.7 Å². The van der Waals surface area contributed by atoms with Gasteiger partial charge in [-0.2, -0.15) is 9.78 Å². The second-order valence-electron chi connectivity index (χ2n) is 4.70. The molecule has 3 aromatic rings. The van der Waals surface area contributed by atoms with Crippen molar-refractivity contribution in [1.82, 2.24) is 25.6 Å². The molecule has 7 nitrogen and oxygen atoms in total. The monoisotopic (exact) mass is 338 g/mol. The number of aromatic nitrogens is 4. The molecule has 120 valence electrons. The normalized spacial score (nSPS) is 10.8. The van der Waals surface area contributed by atoms with Crippen molar-refractivity contribution in [2.45, 2.75) is 5.16 Å². The summed E-state index contributed by atoms with van der Waals surface area (Å²) in [5.41, 5.74) is 4.24. The number of hydrazone groups is 1. The summed E-state index contributed by atoms with van der Waals surface area (Å²) in [6.45, 7) is 0. The third-order valence-electron chi connectivity index (χ3n) is 2.98. The molecular formula is C16H14N6OS. The fraction of sp³-hybridized carbons (Fsp3) is 0.0625. The van der Waals surface area contributed by atoms with Crippen molar-refractivity contribution in [1.29, 1.82) is 0 Å². The molecule has 0 radical (unpaired) electrons. The summed E-state index contributed by atoms with van der Waals surface area (Å²) >= 11 is 1.24. The average molecular weight is 338 g/mol. The van der Waals surface area contributed by atoms with Crippen molar-refractivity contribution in [3.63, 3.8) is 0 Å². The van der Waals surface area contributed by atoms with Gasteiger partial charge in [0.2, 0.25) is 5.16 Å². The highest BCUT2D eigenvalue weighted by Gasteiger charge is 2.10. The van der Waals surface area contributed by atoms with Crippen molar-refractivity contribution in [3.05, 3.63) is 66.2 Å². The van der Waals surface area contributed by atoms with Gasteiger partial charge in [0.15, 0.2) is 0 Å². The molecule has 0 bridgehead atoms. The summed E-state index contributed by atoms with van der Waals surface area (Å²) in [7, 11) is 0. The van der Waals surface area contributed by atoms with E-state index in [-0.39, 0.29) is 11.7 Å². The zero-order valence-electron chi connectivity index (χ0n) is 12.6. The minimum Gasteiger partial charge on any atom is -0.272 e. The molecule has 8 heteroatoms. The van der Waals surface area contributed by atoms with Crippen LogP contribution in [0.25, 0.3) is 5.69 Å². The number of hydrogen-bond donors (Lipinski definition) is 1. The molecular weight excluding hydrogens is 324 g/mol. The Hall–Kier alpha value is -3.00. The topological polar surface area (TPSA) is 85.1 Å². The first-order valence-corrected chi connectivity index (χ1v) is 8.15. The number of nitrogens with zero attached hydrogens (tertiary/aromatic N) is 5. The Bertz CT molecular complexity index is 819. The van der Waals surface area contributed by atoms with E-state index in [2.05, 4.69) is 26.1 Å². The Morgan fingerprint density at radius 2 is 1.83 bits per heavy atom. The zero-order valence-corrected chi connectivity index (χ0v) is 13.4. The Morgan fingerprint density at radius 3 is 2.58 bits per heavy atom. The fourth-order valence-electron chi connectivity index (χ4n) is 1.88. The molecule has 0 spiro atoms. The van der Waals surface area contributed by atoms with E-state index >= 15 is 0 Å². The van der Waals surface area contributed by atoms with Crippen LogP contribution in [-0.2, 0) is 4.79 Å². The van der Waals surface area contributed by atoms with E-state index < -0.39 is 0 Å². The molecule has 0 aliphatic heterocycles. The van der Waals surface area contributed by atoms with Crippen LogP contribution in [0.4, 0.5) is 0 Å². The molecule has 1 amide bonds. The highest BCUT2D eigenvalue weighted by Crippen LogP contribution is 2.17. The summed E-state index contributed by atoms with van der Waals surface area (Å²) in [5.74, 6) is -0.0610. The molecule has 0 fully saturated rings. The smallest absolute Gasteiger partial charge is 0.250 e. The van der Waals surface area contributed by atoms with Gasteiger partial charge in [-0.25, -0.2) is 5.43 Å². The quantitative estimate of drug-likeness (QED) is 0.421.